The fourth-order valence-corrected chi connectivity index (χ4v) is 9.14. The highest BCUT2D eigenvalue weighted by Gasteiger charge is 2.68. The van der Waals surface area contributed by atoms with Crippen LogP contribution in [0.2, 0.25) is 0 Å². The first kappa shape index (κ1) is 22.8. The molecule has 176 valence electrons. The molecule has 4 bridgehead atoms. The maximum Gasteiger partial charge on any atom is 0.292 e. The van der Waals surface area contributed by atoms with E-state index in [1.54, 1.807) is 0 Å². The normalized spacial score (nSPS) is 33.2. The molecule has 0 N–H and O–H groups in total. The highest BCUT2D eigenvalue weighted by Crippen LogP contribution is 2.76. The Balaban J connectivity index is 1.74. The van der Waals surface area contributed by atoms with Crippen LogP contribution in [-0.4, -0.2) is 0 Å². The molecular formula is C30H34N2O2. The molecule has 0 aliphatic heterocycles. The highest BCUT2D eigenvalue weighted by atomic mass is 16.5. The van der Waals surface area contributed by atoms with Crippen molar-refractivity contribution in [1.82, 2.24) is 0 Å². The molecule has 0 radical (unpaired) electrons. The van der Waals surface area contributed by atoms with Gasteiger partial charge in [0.2, 0.25) is 0 Å². The molecule has 2 unspecified atom stereocenters. The summed E-state index contributed by atoms with van der Waals surface area (Å²) in [5.41, 5.74) is 4.88. The molecule has 2 atom stereocenters. The average molecular weight is 455 g/mol. The summed E-state index contributed by atoms with van der Waals surface area (Å²) in [5, 5.41) is 18.9. The molecule has 4 fully saturated rings. The second-order valence-electron chi connectivity index (χ2n) is 12.1. The molecule has 0 amide bonds. The van der Waals surface area contributed by atoms with Gasteiger partial charge in [-0.25, -0.2) is 0 Å². The lowest BCUT2D eigenvalue weighted by atomic mass is 9.33. The molecule has 6 rings (SSSR count). The zero-order valence-electron chi connectivity index (χ0n) is 20.8. The first-order chi connectivity index (χ1) is 16.2. The van der Waals surface area contributed by atoms with Crippen molar-refractivity contribution in [2.75, 3.05) is 0 Å². The Labute approximate surface area is 203 Å². The molecular weight excluding hydrogens is 420 g/mol. The van der Waals surface area contributed by atoms with Crippen molar-refractivity contribution in [1.29, 1.82) is 10.5 Å². The second kappa shape index (κ2) is 7.78. The predicted octanol–water partition coefficient (Wildman–Crippen LogP) is 7.37. The summed E-state index contributed by atoms with van der Waals surface area (Å²) in [6.07, 6.45) is 13.0. The molecule has 2 aromatic carbocycles. The van der Waals surface area contributed by atoms with Crippen LogP contribution >= 0.6 is 0 Å². The van der Waals surface area contributed by atoms with Crippen molar-refractivity contribution >= 4 is 0 Å². The van der Waals surface area contributed by atoms with E-state index in [-0.39, 0.29) is 21.7 Å². The summed E-state index contributed by atoms with van der Waals surface area (Å²) in [6, 6.07) is 12.8. The van der Waals surface area contributed by atoms with Gasteiger partial charge in [-0.2, -0.15) is 0 Å². The minimum atomic E-state index is -0.0622. The van der Waals surface area contributed by atoms with E-state index >= 15 is 0 Å². The van der Waals surface area contributed by atoms with Crippen LogP contribution in [0.1, 0.15) is 87.5 Å². The van der Waals surface area contributed by atoms with Crippen LogP contribution in [0.15, 0.2) is 36.4 Å². The molecule has 0 spiro atoms. The van der Waals surface area contributed by atoms with E-state index in [0.717, 1.165) is 49.7 Å². The van der Waals surface area contributed by atoms with E-state index < -0.39 is 0 Å². The van der Waals surface area contributed by atoms with Crippen molar-refractivity contribution in [3.05, 3.63) is 58.7 Å². The molecule has 4 nitrogen and oxygen atoms in total. The van der Waals surface area contributed by atoms with Crippen molar-refractivity contribution < 1.29 is 9.47 Å². The zero-order chi connectivity index (χ0) is 24.2. The second-order valence-corrected chi connectivity index (χ2v) is 12.1. The van der Waals surface area contributed by atoms with Gasteiger partial charge in [0.25, 0.3) is 12.5 Å². The van der Waals surface area contributed by atoms with Crippen LogP contribution < -0.4 is 9.47 Å². The maximum absolute atomic E-state index is 9.43. The van der Waals surface area contributed by atoms with E-state index in [4.69, 9.17) is 9.47 Å². The molecule has 0 heterocycles. The third kappa shape index (κ3) is 3.47. The fraction of sp³-hybridized carbons (Fsp3) is 0.533. The van der Waals surface area contributed by atoms with E-state index in [1.807, 2.05) is 38.5 Å². The van der Waals surface area contributed by atoms with Gasteiger partial charge in [-0.15, -0.1) is 10.5 Å². The largest absolute Gasteiger partial charge is 0.388 e. The summed E-state index contributed by atoms with van der Waals surface area (Å²) >= 11 is 0. The lowest BCUT2D eigenvalue weighted by Gasteiger charge is -2.71. The molecule has 4 saturated carbocycles. The number of aryl methyl sites for hydroxylation is 2. The molecule has 0 aromatic heterocycles. The summed E-state index contributed by atoms with van der Waals surface area (Å²) < 4.78 is 11.2. The minimum absolute atomic E-state index is 0.0622. The zero-order valence-corrected chi connectivity index (χ0v) is 20.8. The van der Waals surface area contributed by atoms with E-state index in [9.17, 15) is 10.5 Å². The summed E-state index contributed by atoms with van der Waals surface area (Å²) in [5.74, 6) is 1.43. The van der Waals surface area contributed by atoms with Gasteiger partial charge in [0.1, 0.15) is 11.5 Å². The van der Waals surface area contributed by atoms with E-state index in [0.29, 0.717) is 11.5 Å². The molecule has 2 aromatic rings. The maximum atomic E-state index is 9.43. The molecule has 0 saturated heterocycles. The molecule has 4 aliphatic carbocycles. The molecule has 34 heavy (non-hydrogen) atoms. The number of ether oxygens (including phenoxy) is 2. The predicted molar refractivity (Wildman–Crippen MR) is 131 cm³/mol. The first-order valence-electron chi connectivity index (χ1n) is 12.5. The number of benzene rings is 2. The van der Waals surface area contributed by atoms with Crippen LogP contribution in [0.3, 0.4) is 0 Å². The van der Waals surface area contributed by atoms with E-state index in [2.05, 4.69) is 38.1 Å². The van der Waals surface area contributed by atoms with Crippen molar-refractivity contribution in [2.45, 2.75) is 89.9 Å². The van der Waals surface area contributed by atoms with Gasteiger partial charge < -0.3 is 9.47 Å². The fourth-order valence-electron chi connectivity index (χ4n) is 9.14. The van der Waals surface area contributed by atoms with Crippen LogP contribution in [0.5, 0.6) is 11.5 Å². The monoisotopic (exact) mass is 454 g/mol. The van der Waals surface area contributed by atoms with Gasteiger partial charge in [0.05, 0.1) is 0 Å². The lowest BCUT2D eigenvalue weighted by molar-refractivity contribution is -0.138. The lowest BCUT2D eigenvalue weighted by Crippen LogP contribution is -2.63. The van der Waals surface area contributed by atoms with Crippen molar-refractivity contribution in [2.24, 2.45) is 10.8 Å². The number of nitriles is 2. The van der Waals surface area contributed by atoms with Crippen molar-refractivity contribution in [3.63, 3.8) is 0 Å². The van der Waals surface area contributed by atoms with Gasteiger partial charge >= 0.3 is 0 Å². The minimum Gasteiger partial charge on any atom is -0.388 e. The molecule has 4 aliphatic rings. The van der Waals surface area contributed by atoms with Gasteiger partial charge in [-0.3, -0.25) is 0 Å². The SMILES string of the molecule is CCCC12CC3(C)CC(c4ccc(C)cc4OC#N)(C1)CC(c1ccc(C)cc1OC#N)(C3)C2. The Morgan fingerprint density at radius 3 is 1.71 bits per heavy atom. The van der Waals surface area contributed by atoms with Gasteiger partial charge in [0, 0.05) is 22.0 Å². The standard InChI is InChI=1S/C30H34N2O2/c1-5-10-28-13-27(4)14-29(16-28,23-8-6-21(2)11-25(23)33-19-31)18-30(15-27,17-28)24-9-7-22(3)12-26(24)34-20-32/h6-9,11-12H,5,10,13-18H2,1-4H3. The van der Waals surface area contributed by atoms with Gasteiger partial charge in [0.15, 0.2) is 0 Å². The highest BCUT2D eigenvalue weighted by molar-refractivity contribution is 5.51. The third-order valence-corrected chi connectivity index (χ3v) is 8.94. The Bertz CT molecular complexity index is 1140. The Morgan fingerprint density at radius 1 is 0.765 bits per heavy atom. The van der Waals surface area contributed by atoms with Crippen LogP contribution in [0.4, 0.5) is 0 Å². The Kier molecular flexibility index (Phi) is 5.21. The van der Waals surface area contributed by atoms with Crippen molar-refractivity contribution in [3.8, 4) is 24.0 Å². The summed E-state index contributed by atoms with van der Waals surface area (Å²) in [7, 11) is 0. The van der Waals surface area contributed by atoms with Crippen LogP contribution in [0.25, 0.3) is 0 Å². The first-order valence-corrected chi connectivity index (χ1v) is 12.5. The smallest absolute Gasteiger partial charge is 0.292 e. The molecule has 4 heteroatoms. The number of rotatable bonds is 6. The summed E-state index contributed by atoms with van der Waals surface area (Å²) in [6.45, 7) is 8.86. The number of hydrogen-bond donors (Lipinski definition) is 0. The summed E-state index contributed by atoms with van der Waals surface area (Å²) in [4.78, 5) is 0. The topological polar surface area (TPSA) is 66.0 Å². The quantitative estimate of drug-likeness (QED) is 0.427. The number of nitrogens with zero attached hydrogens (tertiary/aromatic N) is 2. The van der Waals surface area contributed by atoms with Gasteiger partial charge in [-0.05, 0) is 92.9 Å². The third-order valence-electron chi connectivity index (χ3n) is 8.94. The van der Waals surface area contributed by atoms with E-state index in [1.165, 1.54) is 24.0 Å². The average Bonchev–Trinajstić information content (AvgIpc) is 2.72. The Hall–Kier alpha value is -2.98. The van der Waals surface area contributed by atoms with Gasteiger partial charge in [-0.1, -0.05) is 44.5 Å². The van der Waals surface area contributed by atoms with Crippen LogP contribution in [-0.2, 0) is 10.8 Å². The Morgan fingerprint density at radius 2 is 1.26 bits per heavy atom. The number of hydrogen-bond acceptors (Lipinski definition) is 4. The van der Waals surface area contributed by atoms with Crippen LogP contribution in [0, 0.1) is 47.7 Å².